The zero-order valence-corrected chi connectivity index (χ0v) is 11.2. The molecular weight excluding hydrogens is 244 g/mol. The highest BCUT2D eigenvalue weighted by atomic mass is 16.6. The first-order valence-electron chi connectivity index (χ1n) is 6.46. The molecule has 102 valence electrons. The lowest BCUT2D eigenvalue weighted by Crippen LogP contribution is -2.24. The zero-order chi connectivity index (χ0) is 13.8. The molecule has 2 atom stereocenters. The number of rotatable bonds is 4. The maximum atomic E-state index is 11.3. The Morgan fingerprint density at radius 2 is 2.00 bits per heavy atom. The molecule has 0 aromatic heterocycles. The summed E-state index contributed by atoms with van der Waals surface area (Å²) in [6, 6.07) is 7.58. The van der Waals surface area contributed by atoms with Crippen molar-refractivity contribution >= 4 is 11.8 Å². The van der Waals surface area contributed by atoms with E-state index in [0.717, 1.165) is 12.0 Å². The molecule has 0 bridgehead atoms. The van der Waals surface area contributed by atoms with Crippen molar-refractivity contribution in [2.24, 2.45) is 0 Å². The minimum Gasteiger partial charge on any atom is -0.479 e. The highest BCUT2D eigenvalue weighted by Crippen LogP contribution is 2.32. The third-order valence-corrected chi connectivity index (χ3v) is 3.44. The lowest BCUT2D eigenvalue weighted by molar-refractivity contribution is -0.147. The minimum atomic E-state index is -0.621. The predicted molar refractivity (Wildman–Crippen MR) is 70.1 cm³/mol. The van der Waals surface area contributed by atoms with Crippen LogP contribution >= 0.6 is 0 Å². The summed E-state index contributed by atoms with van der Waals surface area (Å²) in [6.45, 7) is 1.65. The Balaban J connectivity index is 1.98. The molecule has 0 unspecified atom stereocenters. The first-order chi connectivity index (χ1) is 9.10. The van der Waals surface area contributed by atoms with Crippen LogP contribution in [0.2, 0.25) is 0 Å². The minimum absolute atomic E-state index is 0.333. The number of ketones is 1. The fourth-order valence-corrected chi connectivity index (χ4v) is 2.34. The van der Waals surface area contributed by atoms with Crippen LogP contribution < -0.4 is 4.74 Å². The van der Waals surface area contributed by atoms with E-state index in [4.69, 9.17) is 4.74 Å². The lowest BCUT2D eigenvalue weighted by atomic mass is 9.98. The molecule has 0 saturated heterocycles. The predicted octanol–water partition coefficient (Wildman–Crippen LogP) is 2.46. The molecular formula is C15H18O4. The summed E-state index contributed by atoms with van der Waals surface area (Å²) in [5, 5.41) is 0. The molecule has 19 heavy (non-hydrogen) atoms. The van der Waals surface area contributed by atoms with E-state index in [1.165, 1.54) is 7.11 Å². The molecule has 2 rings (SSSR count). The average Bonchev–Trinajstić information content (AvgIpc) is 2.85. The smallest absolute Gasteiger partial charge is 0.346 e. The van der Waals surface area contributed by atoms with Gasteiger partial charge in [-0.25, -0.2) is 4.79 Å². The van der Waals surface area contributed by atoms with Crippen molar-refractivity contribution in [3.05, 3.63) is 29.8 Å². The number of hydrogen-bond donors (Lipinski definition) is 0. The van der Waals surface area contributed by atoms with Gasteiger partial charge in [-0.15, -0.1) is 0 Å². The van der Waals surface area contributed by atoms with Gasteiger partial charge in [0.15, 0.2) is 6.10 Å². The molecule has 1 aromatic rings. The monoisotopic (exact) mass is 262 g/mol. The summed E-state index contributed by atoms with van der Waals surface area (Å²) in [5.74, 6) is 0.903. The molecule has 0 amide bonds. The summed E-state index contributed by atoms with van der Waals surface area (Å²) in [4.78, 5) is 22.5. The standard InChI is InChI=1S/C15H18O4/c1-10(15(17)18-2)19-14-7-4-11(5-8-14)12-3-6-13(16)9-12/h4-5,7-8,10,12H,3,6,9H2,1-2H3/t10-,12+/m1/s1. The van der Waals surface area contributed by atoms with Gasteiger partial charge in [-0.2, -0.15) is 0 Å². The Labute approximate surface area is 112 Å². The third-order valence-electron chi connectivity index (χ3n) is 3.44. The van der Waals surface area contributed by atoms with Gasteiger partial charge in [0.2, 0.25) is 0 Å². The van der Waals surface area contributed by atoms with Crippen LogP contribution in [0.5, 0.6) is 5.75 Å². The van der Waals surface area contributed by atoms with E-state index in [-0.39, 0.29) is 0 Å². The van der Waals surface area contributed by atoms with Crippen LogP contribution in [0, 0.1) is 0 Å². The number of benzene rings is 1. The van der Waals surface area contributed by atoms with Crippen LogP contribution in [0.4, 0.5) is 0 Å². The number of esters is 1. The van der Waals surface area contributed by atoms with Crippen LogP contribution in [0.15, 0.2) is 24.3 Å². The van der Waals surface area contributed by atoms with Crippen LogP contribution in [-0.4, -0.2) is 25.0 Å². The highest BCUT2D eigenvalue weighted by molar-refractivity contribution is 5.81. The van der Waals surface area contributed by atoms with Crippen molar-refractivity contribution in [2.75, 3.05) is 7.11 Å². The van der Waals surface area contributed by atoms with E-state index in [2.05, 4.69) is 4.74 Å². The second-order valence-corrected chi connectivity index (χ2v) is 4.83. The molecule has 0 spiro atoms. The Morgan fingerprint density at radius 3 is 2.53 bits per heavy atom. The Bertz CT molecular complexity index is 464. The van der Waals surface area contributed by atoms with E-state index < -0.39 is 12.1 Å². The van der Waals surface area contributed by atoms with Crippen LogP contribution in [-0.2, 0) is 14.3 Å². The molecule has 1 aromatic carbocycles. The van der Waals surface area contributed by atoms with Gasteiger partial charge in [0, 0.05) is 12.8 Å². The Kier molecular flexibility index (Phi) is 4.20. The normalized spacial score (nSPS) is 20.1. The van der Waals surface area contributed by atoms with Crippen LogP contribution in [0.1, 0.15) is 37.7 Å². The van der Waals surface area contributed by atoms with E-state index >= 15 is 0 Å². The lowest BCUT2D eigenvalue weighted by Gasteiger charge is -2.14. The molecule has 0 aliphatic heterocycles. The number of Topliss-reactive ketones (excluding diaryl/α,β-unsaturated/α-hetero) is 1. The fraction of sp³-hybridized carbons (Fsp3) is 0.467. The highest BCUT2D eigenvalue weighted by Gasteiger charge is 2.23. The number of carbonyl (C=O) groups is 2. The first kappa shape index (κ1) is 13.6. The molecule has 4 nitrogen and oxygen atoms in total. The van der Waals surface area contributed by atoms with Crippen molar-refractivity contribution < 1.29 is 19.1 Å². The second-order valence-electron chi connectivity index (χ2n) is 4.83. The molecule has 1 aliphatic rings. The number of ether oxygens (including phenoxy) is 2. The molecule has 0 radical (unpaired) electrons. The Hall–Kier alpha value is -1.84. The molecule has 4 heteroatoms. The summed E-state index contributed by atoms with van der Waals surface area (Å²) in [6.07, 6.45) is 1.63. The Morgan fingerprint density at radius 1 is 1.32 bits per heavy atom. The molecule has 0 N–H and O–H groups in total. The SMILES string of the molecule is COC(=O)[C@@H](C)Oc1ccc([C@H]2CCC(=O)C2)cc1. The third kappa shape index (κ3) is 3.34. The maximum absolute atomic E-state index is 11.3. The molecule has 0 heterocycles. The number of methoxy groups -OCH3 is 1. The van der Waals surface area contributed by atoms with E-state index in [1.807, 2.05) is 24.3 Å². The van der Waals surface area contributed by atoms with Gasteiger partial charge in [0.25, 0.3) is 0 Å². The second kappa shape index (κ2) is 5.87. The molecule has 1 fully saturated rings. The number of carbonyl (C=O) groups excluding carboxylic acids is 2. The van der Waals surface area contributed by atoms with E-state index in [1.54, 1.807) is 6.92 Å². The summed E-state index contributed by atoms with van der Waals surface area (Å²) in [5.41, 5.74) is 1.16. The van der Waals surface area contributed by atoms with Gasteiger partial charge < -0.3 is 9.47 Å². The fourth-order valence-electron chi connectivity index (χ4n) is 2.34. The van der Waals surface area contributed by atoms with Gasteiger partial charge in [-0.3, -0.25) is 4.79 Å². The molecule has 1 aliphatic carbocycles. The maximum Gasteiger partial charge on any atom is 0.346 e. The van der Waals surface area contributed by atoms with Crippen LogP contribution in [0.25, 0.3) is 0 Å². The largest absolute Gasteiger partial charge is 0.479 e. The summed E-state index contributed by atoms with van der Waals surface area (Å²) >= 11 is 0. The van der Waals surface area contributed by atoms with E-state index in [9.17, 15) is 9.59 Å². The van der Waals surface area contributed by atoms with Gasteiger partial charge in [0.05, 0.1) is 7.11 Å². The van der Waals surface area contributed by atoms with Crippen LogP contribution in [0.3, 0.4) is 0 Å². The quantitative estimate of drug-likeness (QED) is 0.782. The van der Waals surface area contributed by atoms with Crippen molar-refractivity contribution in [1.82, 2.24) is 0 Å². The summed E-state index contributed by atoms with van der Waals surface area (Å²) < 4.78 is 10.1. The molecule has 1 saturated carbocycles. The van der Waals surface area contributed by atoms with Crippen molar-refractivity contribution in [3.8, 4) is 5.75 Å². The first-order valence-corrected chi connectivity index (χ1v) is 6.46. The van der Waals surface area contributed by atoms with Gasteiger partial charge >= 0.3 is 5.97 Å². The van der Waals surface area contributed by atoms with Gasteiger partial charge in [0.1, 0.15) is 11.5 Å². The van der Waals surface area contributed by atoms with E-state index in [0.29, 0.717) is 30.3 Å². The average molecular weight is 262 g/mol. The topological polar surface area (TPSA) is 52.6 Å². The van der Waals surface area contributed by atoms with Gasteiger partial charge in [-0.1, -0.05) is 12.1 Å². The van der Waals surface area contributed by atoms with Crippen molar-refractivity contribution in [2.45, 2.75) is 38.2 Å². The summed E-state index contributed by atoms with van der Waals surface area (Å²) in [7, 11) is 1.34. The van der Waals surface area contributed by atoms with Crippen molar-refractivity contribution in [3.63, 3.8) is 0 Å². The van der Waals surface area contributed by atoms with Crippen molar-refractivity contribution in [1.29, 1.82) is 0 Å². The zero-order valence-electron chi connectivity index (χ0n) is 11.2. The van der Waals surface area contributed by atoms with Gasteiger partial charge in [-0.05, 0) is 37.0 Å². The number of hydrogen-bond acceptors (Lipinski definition) is 4.